The average Bonchev–Trinajstić information content (AvgIpc) is 3.00. The second-order valence-corrected chi connectivity index (χ2v) is 9.56. The van der Waals surface area contributed by atoms with Gasteiger partial charge in [-0.25, -0.2) is 0 Å². The Balaban J connectivity index is 1.34. The Labute approximate surface area is 239 Å². The molecule has 0 aliphatic carbocycles. The van der Waals surface area contributed by atoms with Gasteiger partial charge in [-0.15, -0.1) is 11.6 Å². The topological polar surface area (TPSA) is 46.2 Å². The number of ether oxygens (including phenoxy) is 5. The summed E-state index contributed by atoms with van der Waals surface area (Å²) in [5, 5.41) is 0. The Bertz CT molecular complexity index is 874. The van der Waals surface area contributed by atoms with Gasteiger partial charge in [-0.2, -0.15) is 0 Å². The molecule has 6 heteroatoms. The molecule has 0 saturated heterocycles. The van der Waals surface area contributed by atoms with Crippen LogP contribution in [0.25, 0.3) is 0 Å². The minimum Gasteiger partial charge on any atom is -0.379 e. The van der Waals surface area contributed by atoms with Gasteiger partial charge in [0.2, 0.25) is 0 Å². The number of halogens is 1. The lowest BCUT2D eigenvalue weighted by Gasteiger charge is -2.36. The fourth-order valence-electron chi connectivity index (χ4n) is 4.44. The van der Waals surface area contributed by atoms with Gasteiger partial charge >= 0.3 is 0 Å². The number of alkyl halides is 1. The molecule has 0 aromatic heterocycles. The fourth-order valence-corrected chi connectivity index (χ4v) is 4.63. The van der Waals surface area contributed by atoms with Gasteiger partial charge in [0.05, 0.1) is 52.9 Å². The molecule has 3 aromatic rings. The lowest BCUT2D eigenvalue weighted by Crippen LogP contribution is -2.34. The van der Waals surface area contributed by atoms with Crippen LogP contribution in [0.3, 0.4) is 0 Å². The van der Waals surface area contributed by atoms with Crippen molar-refractivity contribution < 1.29 is 23.7 Å². The summed E-state index contributed by atoms with van der Waals surface area (Å²) in [5.41, 5.74) is 2.52. The summed E-state index contributed by atoms with van der Waals surface area (Å²) in [6.45, 7) is 5.01. The van der Waals surface area contributed by atoms with Crippen molar-refractivity contribution in [3.05, 3.63) is 108 Å². The lowest BCUT2D eigenvalue weighted by atomic mass is 9.80. The molecule has 39 heavy (non-hydrogen) atoms. The minimum absolute atomic E-state index is 0.439. The molecule has 0 spiro atoms. The summed E-state index contributed by atoms with van der Waals surface area (Å²) in [6.07, 6.45) is 4.51. The van der Waals surface area contributed by atoms with E-state index in [1.165, 1.54) is 12.8 Å². The standard InChI is InChI=1S/C33H43ClO5/c34-20-12-1-2-13-21-35-22-23-36-24-25-37-26-27-38-28-29-39-33(30-14-6-3-7-15-30,31-16-8-4-9-17-31)32-18-10-5-11-19-32/h3-11,14-19H,1-2,12-13,20-29H2. The highest BCUT2D eigenvalue weighted by Crippen LogP contribution is 2.40. The number of benzene rings is 3. The quantitative estimate of drug-likeness (QED) is 0.0771. The van der Waals surface area contributed by atoms with Gasteiger partial charge in [-0.1, -0.05) is 104 Å². The first-order chi connectivity index (χ1) is 19.4. The van der Waals surface area contributed by atoms with Crippen LogP contribution in [0, 0.1) is 0 Å². The summed E-state index contributed by atoms with van der Waals surface area (Å²) < 4.78 is 29.3. The van der Waals surface area contributed by atoms with Crippen molar-refractivity contribution in [3.63, 3.8) is 0 Å². The number of hydrogen-bond donors (Lipinski definition) is 0. The van der Waals surface area contributed by atoms with Crippen LogP contribution >= 0.6 is 11.6 Å². The number of hydrogen-bond acceptors (Lipinski definition) is 5. The largest absolute Gasteiger partial charge is 0.379 e. The van der Waals surface area contributed by atoms with Crippen molar-refractivity contribution in [2.75, 3.05) is 65.3 Å². The van der Waals surface area contributed by atoms with Crippen LogP contribution in [0.4, 0.5) is 0 Å². The molecule has 0 unspecified atom stereocenters. The van der Waals surface area contributed by atoms with Gasteiger partial charge in [0, 0.05) is 12.5 Å². The maximum absolute atomic E-state index is 6.71. The number of unbranched alkanes of at least 4 members (excludes halogenated alkanes) is 3. The van der Waals surface area contributed by atoms with E-state index in [9.17, 15) is 0 Å². The van der Waals surface area contributed by atoms with Gasteiger partial charge in [-0.05, 0) is 29.5 Å². The van der Waals surface area contributed by atoms with E-state index in [0.717, 1.165) is 42.0 Å². The smallest absolute Gasteiger partial charge is 0.143 e. The van der Waals surface area contributed by atoms with Crippen molar-refractivity contribution in [3.8, 4) is 0 Å². The third-order valence-corrected chi connectivity index (χ3v) is 6.64. The first-order valence-corrected chi connectivity index (χ1v) is 14.6. The van der Waals surface area contributed by atoms with Gasteiger partial charge in [-0.3, -0.25) is 0 Å². The first kappa shape index (κ1) is 31.3. The van der Waals surface area contributed by atoms with Gasteiger partial charge in [0.1, 0.15) is 5.60 Å². The van der Waals surface area contributed by atoms with E-state index in [-0.39, 0.29) is 0 Å². The van der Waals surface area contributed by atoms with Crippen LogP contribution in [0.1, 0.15) is 42.4 Å². The Kier molecular flexibility index (Phi) is 15.8. The molecule has 0 aliphatic heterocycles. The molecular weight excluding hydrogens is 512 g/mol. The average molecular weight is 555 g/mol. The van der Waals surface area contributed by atoms with Crippen LogP contribution in [-0.2, 0) is 29.3 Å². The maximum atomic E-state index is 6.71. The fraction of sp³-hybridized carbons (Fsp3) is 0.455. The Morgan fingerprint density at radius 1 is 0.410 bits per heavy atom. The van der Waals surface area contributed by atoms with E-state index in [4.69, 9.17) is 35.3 Å². The van der Waals surface area contributed by atoms with Crippen molar-refractivity contribution in [1.82, 2.24) is 0 Å². The molecule has 5 nitrogen and oxygen atoms in total. The minimum atomic E-state index is -0.727. The second kappa shape index (κ2) is 19.8. The molecule has 0 aliphatic rings. The highest BCUT2D eigenvalue weighted by molar-refractivity contribution is 6.17. The molecular formula is C33H43ClO5. The van der Waals surface area contributed by atoms with Crippen molar-refractivity contribution >= 4 is 11.6 Å². The molecule has 0 atom stereocenters. The van der Waals surface area contributed by atoms with E-state index in [0.29, 0.717) is 52.9 Å². The van der Waals surface area contributed by atoms with E-state index in [1.54, 1.807) is 0 Å². The van der Waals surface area contributed by atoms with E-state index < -0.39 is 5.60 Å². The van der Waals surface area contributed by atoms with Gasteiger partial charge in [0.25, 0.3) is 0 Å². The zero-order valence-corrected chi connectivity index (χ0v) is 23.7. The third kappa shape index (κ3) is 11.0. The predicted molar refractivity (Wildman–Crippen MR) is 158 cm³/mol. The highest BCUT2D eigenvalue weighted by atomic mass is 35.5. The molecule has 0 saturated carbocycles. The summed E-state index contributed by atoms with van der Waals surface area (Å²) in [7, 11) is 0. The molecule has 0 bridgehead atoms. The lowest BCUT2D eigenvalue weighted by molar-refractivity contribution is -0.0384. The molecule has 0 fully saturated rings. The Hall–Kier alpha value is -2.25. The monoisotopic (exact) mass is 554 g/mol. The van der Waals surface area contributed by atoms with Gasteiger partial charge < -0.3 is 23.7 Å². The second-order valence-electron chi connectivity index (χ2n) is 9.18. The van der Waals surface area contributed by atoms with Gasteiger partial charge in [0.15, 0.2) is 0 Å². The van der Waals surface area contributed by atoms with Crippen LogP contribution in [0.2, 0.25) is 0 Å². The van der Waals surface area contributed by atoms with Crippen LogP contribution < -0.4 is 0 Å². The van der Waals surface area contributed by atoms with Crippen LogP contribution in [0.5, 0.6) is 0 Å². The molecule has 0 N–H and O–H groups in total. The van der Waals surface area contributed by atoms with E-state index >= 15 is 0 Å². The zero-order valence-electron chi connectivity index (χ0n) is 23.0. The first-order valence-electron chi connectivity index (χ1n) is 14.1. The number of rotatable bonds is 22. The van der Waals surface area contributed by atoms with Crippen molar-refractivity contribution in [2.24, 2.45) is 0 Å². The third-order valence-electron chi connectivity index (χ3n) is 6.38. The highest BCUT2D eigenvalue weighted by Gasteiger charge is 2.37. The Morgan fingerprint density at radius 2 is 0.769 bits per heavy atom. The molecule has 0 radical (unpaired) electrons. The maximum Gasteiger partial charge on any atom is 0.143 e. The Morgan fingerprint density at radius 3 is 1.18 bits per heavy atom. The summed E-state index contributed by atoms with van der Waals surface area (Å²) in [5.74, 6) is 0.746. The molecule has 0 heterocycles. The predicted octanol–water partition coefficient (Wildman–Crippen LogP) is 6.86. The van der Waals surface area contributed by atoms with Crippen molar-refractivity contribution in [1.29, 1.82) is 0 Å². The summed E-state index contributed by atoms with van der Waals surface area (Å²) >= 11 is 5.68. The van der Waals surface area contributed by atoms with Crippen molar-refractivity contribution in [2.45, 2.75) is 31.3 Å². The van der Waals surface area contributed by atoms with E-state index in [2.05, 4.69) is 72.8 Å². The molecule has 3 aromatic carbocycles. The molecule has 212 valence electrons. The molecule has 3 rings (SSSR count). The van der Waals surface area contributed by atoms with E-state index in [1.807, 2.05) is 18.2 Å². The van der Waals surface area contributed by atoms with Crippen LogP contribution in [0.15, 0.2) is 91.0 Å². The zero-order chi connectivity index (χ0) is 27.3. The SMILES string of the molecule is ClCCCCCCOCCOCCOCCOCCOC(c1ccccc1)(c1ccccc1)c1ccccc1. The van der Waals surface area contributed by atoms with Crippen LogP contribution in [-0.4, -0.2) is 65.3 Å². The summed E-state index contributed by atoms with van der Waals surface area (Å²) in [4.78, 5) is 0. The molecule has 0 amide bonds. The normalized spacial score (nSPS) is 11.6. The summed E-state index contributed by atoms with van der Waals surface area (Å²) in [6, 6.07) is 31.1.